The second kappa shape index (κ2) is 9.91. The summed E-state index contributed by atoms with van der Waals surface area (Å²) in [5.74, 6) is -0.0679. The fourth-order valence-corrected chi connectivity index (χ4v) is 4.73. The number of methoxy groups -OCH3 is 1. The number of rotatable bonds is 7. The number of halogens is 2. The molecule has 3 aromatic rings. The number of nitrogens with zero attached hydrogens (tertiary/aromatic N) is 3. The summed E-state index contributed by atoms with van der Waals surface area (Å²) in [6.07, 6.45) is 0.768. The Balaban J connectivity index is 1.60. The predicted octanol–water partition coefficient (Wildman–Crippen LogP) is 4.47. The molecule has 0 aliphatic carbocycles. The van der Waals surface area contributed by atoms with Crippen LogP contribution in [0.2, 0.25) is 5.02 Å². The third kappa shape index (κ3) is 5.15. The van der Waals surface area contributed by atoms with E-state index in [0.29, 0.717) is 17.4 Å². The van der Waals surface area contributed by atoms with E-state index in [1.54, 1.807) is 12.0 Å². The van der Waals surface area contributed by atoms with Crippen LogP contribution in [0.3, 0.4) is 0 Å². The Morgan fingerprint density at radius 3 is 2.84 bits per heavy atom. The first-order chi connectivity index (χ1) is 15.0. The fourth-order valence-electron chi connectivity index (χ4n) is 3.51. The quantitative estimate of drug-likeness (QED) is 0.517. The van der Waals surface area contributed by atoms with Gasteiger partial charge in [0, 0.05) is 32.2 Å². The molecule has 9 heteroatoms. The lowest BCUT2D eigenvalue weighted by Gasteiger charge is -2.27. The number of aromatic nitrogens is 1. The van der Waals surface area contributed by atoms with Gasteiger partial charge in [-0.25, -0.2) is 9.37 Å². The Hall–Kier alpha value is -2.26. The van der Waals surface area contributed by atoms with Gasteiger partial charge in [0.15, 0.2) is 5.13 Å². The molecule has 1 saturated heterocycles. The Bertz CT molecular complexity index is 1070. The monoisotopic (exact) mass is 463 g/mol. The molecule has 2 aromatic carbocycles. The van der Waals surface area contributed by atoms with Crippen molar-refractivity contribution in [2.75, 3.05) is 51.4 Å². The second-order valence-electron chi connectivity index (χ2n) is 7.22. The zero-order valence-corrected chi connectivity index (χ0v) is 18.7. The summed E-state index contributed by atoms with van der Waals surface area (Å²) in [4.78, 5) is 22.0. The molecule has 31 heavy (non-hydrogen) atoms. The maximum atomic E-state index is 13.5. The Morgan fingerprint density at radius 1 is 1.29 bits per heavy atom. The van der Waals surface area contributed by atoms with Gasteiger partial charge in [0.1, 0.15) is 11.6 Å². The maximum absolute atomic E-state index is 13.5. The van der Waals surface area contributed by atoms with Crippen molar-refractivity contribution < 1.29 is 18.7 Å². The van der Waals surface area contributed by atoms with E-state index >= 15 is 0 Å². The summed E-state index contributed by atoms with van der Waals surface area (Å²) in [5.41, 5.74) is 1.02. The summed E-state index contributed by atoms with van der Waals surface area (Å²) in [6, 6.07) is 9.46. The van der Waals surface area contributed by atoms with E-state index in [-0.39, 0.29) is 16.5 Å². The zero-order chi connectivity index (χ0) is 21.8. The molecule has 0 radical (unpaired) electrons. The predicted molar refractivity (Wildman–Crippen MR) is 121 cm³/mol. The number of thiazole rings is 1. The van der Waals surface area contributed by atoms with Gasteiger partial charge in [0.25, 0.3) is 5.91 Å². The van der Waals surface area contributed by atoms with Crippen molar-refractivity contribution in [3.63, 3.8) is 0 Å². The number of anilines is 1. The van der Waals surface area contributed by atoms with Crippen molar-refractivity contribution in [2.45, 2.75) is 6.42 Å². The van der Waals surface area contributed by atoms with Crippen LogP contribution in [0.1, 0.15) is 16.8 Å². The van der Waals surface area contributed by atoms with Crippen LogP contribution < -0.4 is 9.64 Å². The molecule has 0 unspecified atom stereocenters. The van der Waals surface area contributed by atoms with Crippen LogP contribution in [0.5, 0.6) is 5.75 Å². The van der Waals surface area contributed by atoms with E-state index in [1.165, 1.54) is 23.5 Å². The van der Waals surface area contributed by atoms with Crippen molar-refractivity contribution in [2.24, 2.45) is 0 Å². The summed E-state index contributed by atoms with van der Waals surface area (Å²) in [7, 11) is 1.60. The molecule has 2 heterocycles. The molecule has 1 aliphatic rings. The van der Waals surface area contributed by atoms with Gasteiger partial charge in [0.05, 0.1) is 41.1 Å². The van der Waals surface area contributed by atoms with Gasteiger partial charge < -0.3 is 9.47 Å². The third-order valence-corrected chi connectivity index (χ3v) is 6.55. The number of carbonyl (C=O) groups excluding carboxylic acids is 1. The first-order valence-corrected chi connectivity index (χ1v) is 11.3. The first kappa shape index (κ1) is 22.0. The minimum Gasteiger partial charge on any atom is -0.497 e. The number of morpholine rings is 1. The lowest BCUT2D eigenvalue weighted by molar-refractivity contribution is 0.0376. The van der Waals surface area contributed by atoms with Crippen molar-refractivity contribution in [1.29, 1.82) is 0 Å². The molecule has 0 N–H and O–H groups in total. The van der Waals surface area contributed by atoms with Crippen molar-refractivity contribution in [1.82, 2.24) is 9.88 Å². The number of amides is 1. The Kier molecular flexibility index (Phi) is 7.02. The van der Waals surface area contributed by atoms with E-state index < -0.39 is 5.82 Å². The summed E-state index contributed by atoms with van der Waals surface area (Å²) < 4.78 is 25.1. The lowest BCUT2D eigenvalue weighted by atomic mass is 10.2. The molecule has 1 aromatic heterocycles. The van der Waals surface area contributed by atoms with Crippen LogP contribution in [-0.2, 0) is 4.74 Å². The molecule has 4 rings (SSSR count). The number of carbonyl (C=O) groups is 1. The van der Waals surface area contributed by atoms with Crippen LogP contribution >= 0.6 is 22.9 Å². The van der Waals surface area contributed by atoms with Crippen LogP contribution in [-0.4, -0.2) is 62.3 Å². The minimum absolute atomic E-state index is 0.0889. The molecule has 164 valence electrons. The summed E-state index contributed by atoms with van der Waals surface area (Å²) in [6.45, 7) is 4.56. The van der Waals surface area contributed by atoms with E-state index in [4.69, 9.17) is 21.1 Å². The molecule has 1 fully saturated rings. The van der Waals surface area contributed by atoms with Gasteiger partial charge >= 0.3 is 0 Å². The van der Waals surface area contributed by atoms with Gasteiger partial charge in [0.2, 0.25) is 0 Å². The van der Waals surface area contributed by atoms with E-state index in [0.717, 1.165) is 55.6 Å². The van der Waals surface area contributed by atoms with Gasteiger partial charge in [-0.1, -0.05) is 22.9 Å². The van der Waals surface area contributed by atoms with E-state index in [9.17, 15) is 9.18 Å². The zero-order valence-electron chi connectivity index (χ0n) is 17.1. The van der Waals surface area contributed by atoms with Gasteiger partial charge in [-0.3, -0.25) is 14.6 Å². The average molecular weight is 464 g/mol. The van der Waals surface area contributed by atoms with E-state index in [1.807, 2.05) is 18.2 Å². The molecule has 1 amide bonds. The number of fused-ring (bicyclic) bond motifs is 1. The SMILES string of the molecule is COc1ccc2sc(N(CCCN3CCOCC3)C(=O)c3ccc(F)cc3Cl)nc2c1. The van der Waals surface area contributed by atoms with Crippen molar-refractivity contribution in [3.05, 3.63) is 52.8 Å². The topological polar surface area (TPSA) is 54.9 Å². The maximum Gasteiger partial charge on any atom is 0.261 e. The largest absolute Gasteiger partial charge is 0.497 e. The van der Waals surface area contributed by atoms with Crippen molar-refractivity contribution >= 4 is 44.2 Å². The molecule has 6 nitrogen and oxygen atoms in total. The number of hydrogen-bond donors (Lipinski definition) is 0. The number of hydrogen-bond acceptors (Lipinski definition) is 6. The Morgan fingerprint density at radius 2 is 2.10 bits per heavy atom. The highest BCUT2D eigenvalue weighted by atomic mass is 35.5. The van der Waals surface area contributed by atoms with Crippen LogP contribution in [0.25, 0.3) is 10.2 Å². The highest BCUT2D eigenvalue weighted by Gasteiger charge is 2.24. The number of ether oxygens (including phenoxy) is 2. The highest BCUT2D eigenvalue weighted by molar-refractivity contribution is 7.22. The molecular weight excluding hydrogens is 441 g/mol. The van der Waals surface area contributed by atoms with Gasteiger partial charge in [-0.2, -0.15) is 0 Å². The van der Waals surface area contributed by atoms with Crippen LogP contribution in [0.15, 0.2) is 36.4 Å². The van der Waals surface area contributed by atoms with Gasteiger partial charge in [-0.05, 0) is 36.8 Å². The molecule has 0 spiro atoms. The van der Waals surface area contributed by atoms with Crippen LogP contribution in [0, 0.1) is 5.82 Å². The highest BCUT2D eigenvalue weighted by Crippen LogP contribution is 2.33. The first-order valence-electron chi connectivity index (χ1n) is 10.1. The second-order valence-corrected chi connectivity index (χ2v) is 8.63. The smallest absolute Gasteiger partial charge is 0.261 e. The standard InChI is InChI=1S/C22H23ClFN3O3S/c1-29-16-4-6-20-19(14-16)25-22(31-20)27(8-2-7-26-9-11-30-12-10-26)21(28)17-5-3-15(24)13-18(17)23/h3-6,13-14H,2,7-12H2,1H3. The third-order valence-electron chi connectivity index (χ3n) is 5.18. The van der Waals surface area contributed by atoms with Crippen LogP contribution in [0.4, 0.5) is 9.52 Å². The average Bonchev–Trinajstić information content (AvgIpc) is 3.20. The molecule has 0 bridgehead atoms. The number of benzene rings is 2. The lowest BCUT2D eigenvalue weighted by Crippen LogP contribution is -2.39. The fraction of sp³-hybridized carbons (Fsp3) is 0.364. The Labute approximate surface area is 189 Å². The van der Waals surface area contributed by atoms with Gasteiger partial charge in [-0.15, -0.1) is 0 Å². The molecule has 1 aliphatic heterocycles. The molecule has 0 saturated carbocycles. The summed E-state index contributed by atoms with van der Waals surface area (Å²) >= 11 is 7.62. The summed E-state index contributed by atoms with van der Waals surface area (Å²) in [5, 5.41) is 0.668. The van der Waals surface area contributed by atoms with Crippen molar-refractivity contribution in [3.8, 4) is 5.75 Å². The molecule has 0 atom stereocenters. The minimum atomic E-state index is -0.479. The normalized spacial score (nSPS) is 14.7. The van der Waals surface area contributed by atoms with E-state index in [2.05, 4.69) is 9.88 Å². The molecular formula is C22H23ClFN3O3S.